The normalized spacial score (nSPS) is 17.0. The zero-order valence-corrected chi connectivity index (χ0v) is 26.9. The Labute approximate surface area is 250 Å². The van der Waals surface area contributed by atoms with E-state index in [4.69, 9.17) is 14.3 Å². The summed E-state index contributed by atoms with van der Waals surface area (Å²) in [6.45, 7) is 16.8. The highest BCUT2D eigenvalue weighted by atomic mass is 16.6. The van der Waals surface area contributed by atoms with Crippen molar-refractivity contribution in [2.45, 2.75) is 98.9 Å². The average molecular weight is 594 g/mol. The fraction of sp³-hybridized carbons (Fsp3) is 0.667. The number of oxime groups is 1. The molecule has 238 valence electrons. The van der Waals surface area contributed by atoms with Crippen LogP contribution in [-0.4, -0.2) is 84.9 Å². The van der Waals surface area contributed by atoms with Crippen molar-refractivity contribution >= 4 is 29.2 Å². The summed E-state index contributed by atoms with van der Waals surface area (Å²) in [7, 11) is 1.39. The summed E-state index contributed by atoms with van der Waals surface area (Å²) >= 11 is 0. The summed E-state index contributed by atoms with van der Waals surface area (Å²) < 4.78 is 10.2. The van der Waals surface area contributed by atoms with Crippen LogP contribution in [0.25, 0.3) is 0 Å². The molecule has 0 aliphatic carbocycles. The summed E-state index contributed by atoms with van der Waals surface area (Å²) in [4.78, 5) is 59.1. The summed E-state index contributed by atoms with van der Waals surface area (Å²) in [6.07, 6.45) is 4.16. The Morgan fingerprint density at radius 2 is 1.76 bits per heavy atom. The topological polar surface area (TPSA) is 161 Å². The first-order valence-electron chi connectivity index (χ1n) is 14.5. The SMILES string of the molecule is CC.CC/C(=N\OC(C)C)C(=O)N[C@@H](COC)C(=O)NCC(=O)N[C@@H](CC(C)C)C(=O)C1(C)CO1.Cc1cccnc1. The number of carbonyl (C=O) groups is 4. The van der Waals surface area contributed by atoms with Gasteiger partial charge in [0.2, 0.25) is 11.8 Å². The van der Waals surface area contributed by atoms with E-state index in [2.05, 4.69) is 26.1 Å². The van der Waals surface area contributed by atoms with Gasteiger partial charge in [0, 0.05) is 19.5 Å². The summed E-state index contributed by atoms with van der Waals surface area (Å²) in [5.74, 6) is -1.71. The molecule has 0 bridgehead atoms. The number of aryl methyl sites for hydroxylation is 1. The van der Waals surface area contributed by atoms with E-state index >= 15 is 0 Å². The minimum atomic E-state index is -1.04. The first kappa shape index (κ1) is 38.6. The number of amides is 3. The molecule has 2 rings (SSSR count). The minimum absolute atomic E-state index is 0.106. The Morgan fingerprint density at radius 1 is 1.12 bits per heavy atom. The van der Waals surface area contributed by atoms with Gasteiger partial charge < -0.3 is 30.3 Å². The maximum atomic E-state index is 12.6. The lowest BCUT2D eigenvalue weighted by Crippen LogP contribution is -2.54. The van der Waals surface area contributed by atoms with Crippen molar-refractivity contribution in [1.29, 1.82) is 0 Å². The van der Waals surface area contributed by atoms with Crippen molar-refractivity contribution in [2.75, 3.05) is 26.9 Å². The second-order valence-corrected chi connectivity index (χ2v) is 10.4. The molecule has 1 aliphatic heterocycles. The van der Waals surface area contributed by atoms with Crippen LogP contribution in [0.4, 0.5) is 0 Å². The van der Waals surface area contributed by atoms with Crippen LogP contribution < -0.4 is 16.0 Å². The number of nitrogens with zero attached hydrogens (tertiary/aromatic N) is 2. The van der Waals surface area contributed by atoms with Crippen molar-refractivity contribution in [3.8, 4) is 0 Å². The Kier molecular flexibility index (Phi) is 18.8. The van der Waals surface area contributed by atoms with Crippen molar-refractivity contribution in [3.63, 3.8) is 0 Å². The standard InChI is InChI=1S/C22H38N4O7.C6H7N.C2H6/c1-8-15(26-33-14(4)5)21(30)25-17(11-31-7)20(29)23-10-18(27)24-16(9-13(2)3)19(28)22(6)12-32-22;1-6-3-2-4-7-5-6;1-2/h13-14,16-17H,8-12H2,1-7H3,(H,23,29)(H,24,27)(H,25,30);2-5H,1H3;1-2H3/b26-15+;;/t16-,17-,22?;;/m0../s1. The van der Waals surface area contributed by atoms with Crippen molar-refractivity contribution in [2.24, 2.45) is 11.1 Å². The third kappa shape index (κ3) is 15.6. The van der Waals surface area contributed by atoms with Crippen LogP contribution >= 0.6 is 0 Å². The molecular weight excluding hydrogens is 542 g/mol. The van der Waals surface area contributed by atoms with Gasteiger partial charge in [0.05, 0.1) is 25.8 Å². The molecule has 3 amide bonds. The lowest BCUT2D eigenvalue weighted by molar-refractivity contribution is -0.132. The minimum Gasteiger partial charge on any atom is -0.393 e. The highest BCUT2D eigenvalue weighted by Gasteiger charge is 2.50. The average Bonchev–Trinajstić information content (AvgIpc) is 3.70. The highest BCUT2D eigenvalue weighted by molar-refractivity contribution is 6.39. The molecule has 0 radical (unpaired) electrons. The second kappa shape index (κ2) is 20.5. The van der Waals surface area contributed by atoms with Gasteiger partial charge in [-0.25, -0.2) is 0 Å². The van der Waals surface area contributed by atoms with Gasteiger partial charge in [-0.15, -0.1) is 0 Å². The molecule has 0 aromatic carbocycles. The quantitative estimate of drug-likeness (QED) is 0.159. The van der Waals surface area contributed by atoms with Crippen molar-refractivity contribution < 1.29 is 33.5 Å². The predicted octanol–water partition coefficient (Wildman–Crippen LogP) is 2.73. The summed E-state index contributed by atoms with van der Waals surface area (Å²) in [5.41, 5.74) is 0.477. The summed E-state index contributed by atoms with van der Waals surface area (Å²) in [5, 5.41) is 11.5. The monoisotopic (exact) mass is 593 g/mol. The van der Waals surface area contributed by atoms with Gasteiger partial charge in [-0.2, -0.15) is 0 Å². The fourth-order valence-corrected chi connectivity index (χ4v) is 3.33. The van der Waals surface area contributed by atoms with Gasteiger partial charge >= 0.3 is 0 Å². The molecule has 42 heavy (non-hydrogen) atoms. The van der Waals surface area contributed by atoms with Gasteiger partial charge in [-0.05, 0) is 58.1 Å². The van der Waals surface area contributed by atoms with E-state index in [1.54, 1.807) is 33.9 Å². The van der Waals surface area contributed by atoms with E-state index < -0.39 is 35.4 Å². The molecule has 1 unspecified atom stereocenters. The molecule has 2 heterocycles. The lowest BCUT2D eigenvalue weighted by atomic mass is 9.93. The molecule has 3 atom stereocenters. The Balaban J connectivity index is 0.00000160. The van der Waals surface area contributed by atoms with Crippen LogP contribution in [0.2, 0.25) is 0 Å². The predicted molar refractivity (Wildman–Crippen MR) is 162 cm³/mol. The molecule has 1 aromatic heterocycles. The molecule has 1 aromatic rings. The second-order valence-electron chi connectivity index (χ2n) is 10.4. The van der Waals surface area contributed by atoms with Crippen LogP contribution in [0.1, 0.15) is 73.8 Å². The number of aromatic nitrogens is 1. The molecular formula is C30H51N5O7. The molecule has 1 fully saturated rings. The largest absolute Gasteiger partial charge is 0.393 e. The number of hydrogen-bond donors (Lipinski definition) is 3. The smallest absolute Gasteiger partial charge is 0.269 e. The van der Waals surface area contributed by atoms with Crippen LogP contribution in [-0.2, 0) is 33.5 Å². The van der Waals surface area contributed by atoms with Gasteiger partial charge in [0.15, 0.2) is 5.78 Å². The van der Waals surface area contributed by atoms with E-state index in [1.165, 1.54) is 12.7 Å². The number of ketones is 1. The van der Waals surface area contributed by atoms with E-state index in [-0.39, 0.29) is 36.7 Å². The number of Topliss-reactive ketones (excluding diaryl/α,β-unsaturated/α-hetero) is 1. The number of nitrogens with one attached hydrogen (secondary N) is 3. The molecule has 1 saturated heterocycles. The Morgan fingerprint density at radius 3 is 2.19 bits per heavy atom. The molecule has 1 aliphatic rings. The first-order chi connectivity index (χ1) is 19.8. The number of hydrogen-bond acceptors (Lipinski definition) is 9. The number of rotatable bonds is 15. The summed E-state index contributed by atoms with van der Waals surface area (Å²) in [6, 6.07) is 2.20. The van der Waals surface area contributed by atoms with Crippen LogP contribution in [0.15, 0.2) is 29.7 Å². The Bertz CT molecular complexity index is 995. The number of epoxide rings is 1. The van der Waals surface area contributed by atoms with E-state index in [0.29, 0.717) is 19.4 Å². The zero-order chi connectivity index (χ0) is 32.3. The van der Waals surface area contributed by atoms with Gasteiger partial charge in [-0.1, -0.05) is 45.8 Å². The third-order valence-electron chi connectivity index (χ3n) is 5.62. The Hall–Kier alpha value is -3.38. The molecule has 0 saturated carbocycles. The molecule has 0 spiro atoms. The molecule has 12 nitrogen and oxygen atoms in total. The van der Waals surface area contributed by atoms with E-state index in [9.17, 15) is 19.2 Å². The number of pyridine rings is 1. The maximum absolute atomic E-state index is 12.6. The highest BCUT2D eigenvalue weighted by Crippen LogP contribution is 2.29. The van der Waals surface area contributed by atoms with E-state index in [0.717, 1.165) is 0 Å². The number of ether oxygens (including phenoxy) is 2. The van der Waals surface area contributed by atoms with E-state index in [1.807, 2.05) is 52.9 Å². The van der Waals surface area contributed by atoms with Crippen LogP contribution in [0.3, 0.4) is 0 Å². The number of carbonyl (C=O) groups excluding carboxylic acids is 4. The van der Waals surface area contributed by atoms with Crippen LogP contribution in [0, 0.1) is 12.8 Å². The van der Waals surface area contributed by atoms with Gasteiger partial charge in [0.25, 0.3) is 5.91 Å². The fourth-order valence-electron chi connectivity index (χ4n) is 3.33. The maximum Gasteiger partial charge on any atom is 0.269 e. The van der Waals surface area contributed by atoms with Crippen LogP contribution in [0.5, 0.6) is 0 Å². The zero-order valence-electron chi connectivity index (χ0n) is 26.9. The third-order valence-corrected chi connectivity index (χ3v) is 5.62. The van der Waals surface area contributed by atoms with Gasteiger partial charge in [0.1, 0.15) is 23.5 Å². The molecule has 12 heteroatoms. The van der Waals surface area contributed by atoms with Gasteiger partial charge in [-0.3, -0.25) is 24.2 Å². The molecule has 3 N–H and O–H groups in total. The number of methoxy groups -OCH3 is 1. The first-order valence-corrected chi connectivity index (χ1v) is 14.5. The van der Waals surface area contributed by atoms with Crippen molar-refractivity contribution in [1.82, 2.24) is 20.9 Å². The lowest BCUT2D eigenvalue weighted by Gasteiger charge is -2.22. The van der Waals surface area contributed by atoms with Crippen molar-refractivity contribution in [3.05, 3.63) is 30.1 Å².